The van der Waals surface area contributed by atoms with Gasteiger partial charge in [0, 0.05) is 0 Å². The van der Waals surface area contributed by atoms with Crippen molar-refractivity contribution in [3.63, 3.8) is 0 Å². The van der Waals surface area contributed by atoms with E-state index in [0.29, 0.717) is 0 Å². The van der Waals surface area contributed by atoms with Crippen LogP contribution in [0.3, 0.4) is 0 Å². The third kappa shape index (κ3) is 6.55. The topological polar surface area (TPSA) is 61.6 Å². The van der Waals surface area contributed by atoms with Gasteiger partial charge in [-0.05, 0) is 12.1 Å². The lowest BCUT2D eigenvalue weighted by Gasteiger charge is -2.08. The Bertz CT molecular complexity index is 500. The molecule has 1 aromatic rings. The lowest BCUT2D eigenvalue weighted by atomic mass is 10.2. The van der Waals surface area contributed by atoms with Gasteiger partial charge in [-0.1, -0.05) is 23.0 Å². The average molecular weight is 267 g/mol. The van der Waals surface area contributed by atoms with E-state index in [1.54, 1.807) is 7.05 Å². The van der Waals surface area contributed by atoms with E-state index in [4.69, 9.17) is 13.0 Å². The molecule has 0 saturated carbocycles. The minimum Gasteiger partial charge on any atom is -0.741 e. The van der Waals surface area contributed by atoms with Crippen molar-refractivity contribution in [3.05, 3.63) is 40.7 Å². The predicted octanol–water partition coefficient (Wildman–Crippen LogP) is 2.05. The summed E-state index contributed by atoms with van der Waals surface area (Å²) in [5, 5.41) is 0. The maximum atomic E-state index is 10.7. The van der Waals surface area contributed by atoms with E-state index < -0.39 is 15.6 Å². The van der Waals surface area contributed by atoms with Crippen molar-refractivity contribution in [2.24, 2.45) is 0 Å². The normalized spacial score (nSPS) is 10.6. The van der Waals surface area contributed by atoms with Crippen molar-refractivity contribution < 1.29 is 26.1 Å². The lowest BCUT2D eigenvalue weighted by Crippen LogP contribution is -2.21. The van der Waals surface area contributed by atoms with Crippen LogP contribution in [0, 0.1) is 6.07 Å². The van der Waals surface area contributed by atoms with E-state index in [1.807, 2.05) is 30.3 Å². The van der Waals surface area contributed by atoms with Crippen LogP contribution in [0.4, 0.5) is 13.2 Å². The molecule has 0 aliphatic heterocycles. The van der Waals surface area contributed by atoms with E-state index >= 15 is 0 Å². The van der Waals surface area contributed by atoms with Crippen molar-refractivity contribution >= 4 is 10.1 Å². The highest BCUT2D eigenvalue weighted by Gasteiger charge is 2.36. The molecule has 0 radical (unpaired) electrons. The zero-order valence-electron chi connectivity index (χ0n) is 8.60. The van der Waals surface area contributed by atoms with Crippen LogP contribution in [0.1, 0.15) is 5.56 Å². The summed E-state index contributed by atoms with van der Waals surface area (Å²) >= 11 is 0. The fourth-order valence-electron chi connectivity index (χ4n) is 0.642. The van der Waals surface area contributed by atoms with Crippen LogP contribution in [0.2, 0.25) is 0 Å². The Balaban J connectivity index is 0.000000304. The van der Waals surface area contributed by atoms with Gasteiger partial charge in [-0.25, -0.2) is 8.42 Å². The molecule has 8 heteroatoms. The molecular weight excluding hydrogens is 259 g/mol. The minimum absolute atomic E-state index is 1.03. The first-order chi connectivity index (χ1) is 7.68. The zero-order valence-corrected chi connectivity index (χ0v) is 9.42. The van der Waals surface area contributed by atoms with Gasteiger partial charge in [-0.15, -0.1) is 0 Å². The summed E-state index contributed by atoms with van der Waals surface area (Å²) in [7, 11) is -4.38. The van der Waals surface area contributed by atoms with E-state index in [1.165, 1.54) is 0 Å². The highest BCUT2D eigenvalue weighted by atomic mass is 32.2. The molecule has 94 valence electrons. The molecular formula is C9H8F3NO3S. The summed E-state index contributed by atoms with van der Waals surface area (Å²) in [4.78, 5) is 3.76. The second kappa shape index (κ2) is 6.22. The summed E-state index contributed by atoms with van der Waals surface area (Å²) in [6, 6.07) is 12.7. The molecule has 1 rings (SSSR count). The van der Waals surface area contributed by atoms with E-state index in [9.17, 15) is 13.2 Å². The largest absolute Gasteiger partial charge is 0.741 e. The van der Waals surface area contributed by atoms with Gasteiger partial charge in [-0.3, -0.25) is 0 Å². The van der Waals surface area contributed by atoms with E-state index in [-0.39, 0.29) is 0 Å². The van der Waals surface area contributed by atoms with Crippen LogP contribution in [-0.4, -0.2) is 25.5 Å². The first-order valence-electron chi connectivity index (χ1n) is 4.10. The smallest absolute Gasteiger partial charge is 0.485 e. The summed E-state index contributed by atoms with van der Waals surface area (Å²) in [5.74, 6) is 0. The molecule has 0 heterocycles. The van der Waals surface area contributed by atoms with Crippen LogP contribution in [0.25, 0.3) is 4.85 Å². The quantitative estimate of drug-likeness (QED) is 0.534. The molecule has 0 N–H and O–H groups in total. The maximum absolute atomic E-state index is 10.7. The van der Waals surface area contributed by atoms with Gasteiger partial charge in [0.25, 0.3) is 7.05 Å². The van der Waals surface area contributed by atoms with Gasteiger partial charge in [0.1, 0.15) is 5.56 Å². The van der Waals surface area contributed by atoms with Crippen LogP contribution < -0.4 is 0 Å². The Kier molecular flexibility index (Phi) is 5.64. The number of alkyl halides is 3. The first-order valence-corrected chi connectivity index (χ1v) is 5.51. The van der Waals surface area contributed by atoms with Crippen LogP contribution in [0.15, 0.2) is 30.3 Å². The maximum Gasteiger partial charge on any atom is 0.485 e. The Morgan fingerprint density at radius 2 is 1.65 bits per heavy atom. The standard InChI is InChI=1S/C8H8N.CHF3O3S/c1-9-7-8-5-3-2-4-6-8;2-1(3,4)8(5,6)7/h2-6H,1H3;(H,5,6,7)/q+1;/p-1. The van der Waals surface area contributed by atoms with Gasteiger partial charge in [0.05, 0.1) is 0 Å². The Morgan fingerprint density at radius 3 is 1.94 bits per heavy atom. The third-order valence-corrected chi connectivity index (χ3v) is 1.87. The molecule has 1 aromatic carbocycles. The Labute approximate surface area is 96.3 Å². The monoisotopic (exact) mass is 267 g/mol. The van der Waals surface area contributed by atoms with Crippen molar-refractivity contribution in [2.75, 3.05) is 7.05 Å². The fourth-order valence-corrected chi connectivity index (χ4v) is 0.642. The second-order valence-corrected chi connectivity index (χ2v) is 3.97. The number of hydrogen-bond donors (Lipinski definition) is 0. The summed E-state index contributed by atoms with van der Waals surface area (Å²) in [6.45, 7) is 0. The van der Waals surface area contributed by atoms with Gasteiger partial charge in [0.2, 0.25) is 0 Å². The number of benzene rings is 1. The van der Waals surface area contributed by atoms with Crippen LogP contribution in [0.5, 0.6) is 0 Å². The van der Waals surface area contributed by atoms with Crippen molar-refractivity contribution in [3.8, 4) is 6.07 Å². The van der Waals surface area contributed by atoms with Crippen molar-refractivity contribution in [1.82, 2.24) is 0 Å². The molecule has 0 saturated heterocycles. The van der Waals surface area contributed by atoms with Gasteiger partial charge in [0.15, 0.2) is 10.1 Å². The zero-order chi connectivity index (χ0) is 13.5. The molecule has 0 atom stereocenters. The second-order valence-electron chi connectivity index (χ2n) is 2.60. The first kappa shape index (κ1) is 15.4. The third-order valence-electron chi connectivity index (χ3n) is 1.30. The van der Waals surface area contributed by atoms with E-state index in [0.717, 1.165) is 5.56 Å². The SMILES string of the molecule is C[N+]#Cc1ccccc1.O=S(=O)([O-])C(F)(F)F. The molecule has 0 aliphatic rings. The molecule has 0 aliphatic carbocycles. The predicted molar refractivity (Wildman–Crippen MR) is 54.5 cm³/mol. The summed E-state index contributed by atoms with van der Waals surface area (Å²) in [6.07, 6.45) is 0. The average Bonchev–Trinajstić information content (AvgIpc) is 2.17. The Morgan fingerprint density at radius 1 is 1.24 bits per heavy atom. The highest BCUT2D eigenvalue weighted by molar-refractivity contribution is 7.86. The van der Waals surface area contributed by atoms with Crippen LogP contribution in [-0.2, 0) is 10.1 Å². The van der Waals surface area contributed by atoms with Gasteiger partial charge >= 0.3 is 11.6 Å². The number of rotatable bonds is 0. The summed E-state index contributed by atoms with van der Waals surface area (Å²) in [5.41, 5.74) is -4.62. The molecule has 0 spiro atoms. The molecule has 0 aromatic heterocycles. The molecule has 0 fully saturated rings. The summed E-state index contributed by atoms with van der Waals surface area (Å²) < 4.78 is 58.9. The molecule has 0 bridgehead atoms. The highest BCUT2D eigenvalue weighted by Crippen LogP contribution is 2.20. The minimum atomic E-state index is -6.09. The van der Waals surface area contributed by atoms with Crippen molar-refractivity contribution in [2.45, 2.75) is 5.51 Å². The molecule has 0 unspecified atom stereocenters. The van der Waals surface area contributed by atoms with Crippen molar-refractivity contribution in [1.29, 1.82) is 0 Å². The molecule has 0 amide bonds. The lowest BCUT2D eigenvalue weighted by molar-refractivity contribution is -0.0517. The fraction of sp³-hybridized carbons (Fsp3) is 0.222. The molecule has 4 nitrogen and oxygen atoms in total. The number of hydrogen-bond acceptors (Lipinski definition) is 3. The number of halogens is 3. The number of nitrogens with zero attached hydrogens (tertiary/aromatic N) is 1. The van der Waals surface area contributed by atoms with E-state index in [2.05, 4.69) is 10.9 Å². The Hall–Kier alpha value is -1.59. The van der Waals surface area contributed by atoms with Gasteiger partial charge < -0.3 is 4.55 Å². The van der Waals surface area contributed by atoms with Crippen LogP contribution >= 0.6 is 0 Å². The molecule has 17 heavy (non-hydrogen) atoms. The van der Waals surface area contributed by atoms with Gasteiger partial charge in [-0.2, -0.15) is 13.2 Å².